The second kappa shape index (κ2) is 16.5. The fourth-order valence-corrected chi connectivity index (χ4v) is 4.22. The van der Waals surface area contributed by atoms with Crippen LogP contribution >= 0.6 is 36.9 Å². The van der Waals surface area contributed by atoms with Crippen LogP contribution in [-0.2, 0) is 24.3 Å². The molecule has 11 heteroatoms. The normalized spacial score (nSPS) is 15.7. The number of allylic oxidation sites excluding steroid dienone is 3. The van der Waals surface area contributed by atoms with E-state index < -0.39 is 16.1 Å². The van der Waals surface area contributed by atoms with Gasteiger partial charge in [-0.25, -0.2) is 8.42 Å². The Labute approximate surface area is 189 Å². The van der Waals surface area contributed by atoms with Gasteiger partial charge in [-0.15, -0.1) is 25.3 Å². The van der Waals surface area contributed by atoms with E-state index in [-0.39, 0.29) is 15.6 Å². The van der Waals surface area contributed by atoms with Crippen LogP contribution in [0, 0.1) is 0 Å². The molecule has 0 amide bonds. The number of thiol groups is 2. The lowest BCUT2D eigenvalue weighted by molar-refractivity contribution is -0.122. The summed E-state index contributed by atoms with van der Waals surface area (Å²) >= 11 is 13.6. The monoisotopic (exact) mass is 485 g/mol. The minimum absolute atomic E-state index is 0.0427. The third-order valence-electron chi connectivity index (χ3n) is 3.15. The molecule has 0 heterocycles. The maximum Gasteiger partial charge on any atom is 0.290 e. The van der Waals surface area contributed by atoms with Crippen molar-refractivity contribution in [3.8, 4) is 0 Å². The summed E-state index contributed by atoms with van der Waals surface area (Å²) in [4.78, 5) is 8.26. The predicted molar refractivity (Wildman–Crippen MR) is 124 cm³/mol. The second-order valence-electron chi connectivity index (χ2n) is 4.68. The van der Waals surface area contributed by atoms with Crippen LogP contribution in [0.4, 0.5) is 0 Å². The molecular formula is C18H28ClNO6S3. The number of sulfonamides is 1. The molecule has 29 heavy (non-hydrogen) atoms. The van der Waals surface area contributed by atoms with Crippen LogP contribution in [0.1, 0.15) is 20.8 Å². The van der Waals surface area contributed by atoms with Gasteiger partial charge in [-0.05, 0) is 25.2 Å². The van der Waals surface area contributed by atoms with Gasteiger partial charge in [0.25, 0.3) is 6.47 Å². The van der Waals surface area contributed by atoms with Gasteiger partial charge in [0.2, 0.25) is 10.0 Å². The van der Waals surface area contributed by atoms with E-state index in [1.54, 1.807) is 24.3 Å². The standard InChI is InChI=1S/C15H20ClNO4S3.C2H6.CH2O2/c1-4-21-13-10-11(6-5-7-12(13)20-3)17(2)24(18,19)14(8-9-16)15(22)23;1-2;2-1-3/h5-11,22-23H,4H2,1-3H3;1-2H3;1H,(H,2,3)/b9-8+;;. The summed E-state index contributed by atoms with van der Waals surface area (Å²) in [5, 5.41) is 6.89. The number of halogens is 1. The van der Waals surface area contributed by atoms with Gasteiger partial charge in [0.15, 0.2) is 11.5 Å². The molecule has 7 nitrogen and oxygen atoms in total. The van der Waals surface area contributed by atoms with Crippen LogP contribution < -0.4 is 0 Å². The van der Waals surface area contributed by atoms with Crippen molar-refractivity contribution >= 4 is 53.4 Å². The summed E-state index contributed by atoms with van der Waals surface area (Å²) in [6.07, 6.45) is 8.02. The molecular weight excluding hydrogens is 458 g/mol. The van der Waals surface area contributed by atoms with Gasteiger partial charge < -0.3 is 14.6 Å². The number of carbonyl (C=O) groups is 1. The van der Waals surface area contributed by atoms with Gasteiger partial charge >= 0.3 is 0 Å². The van der Waals surface area contributed by atoms with Gasteiger partial charge in [-0.1, -0.05) is 37.6 Å². The third-order valence-corrected chi connectivity index (χ3v) is 5.96. The maximum absolute atomic E-state index is 12.8. The van der Waals surface area contributed by atoms with Crippen LogP contribution in [0.25, 0.3) is 0 Å². The second-order valence-corrected chi connectivity index (χ2v) is 8.15. The van der Waals surface area contributed by atoms with Gasteiger partial charge in [-0.2, -0.15) is 4.31 Å². The lowest BCUT2D eigenvalue weighted by Gasteiger charge is -2.24. The zero-order valence-corrected chi connectivity index (χ0v) is 20.3. The van der Waals surface area contributed by atoms with Crippen LogP contribution in [-0.4, -0.2) is 51.1 Å². The molecule has 1 aliphatic carbocycles. The van der Waals surface area contributed by atoms with Crippen molar-refractivity contribution in [2.75, 3.05) is 20.8 Å². The first-order valence-corrected chi connectivity index (χ1v) is 11.2. The Bertz CT molecular complexity index is 754. The minimum Gasteiger partial charge on any atom is -0.493 e. The highest BCUT2D eigenvalue weighted by Gasteiger charge is 2.29. The van der Waals surface area contributed by atoms with Crippen molar-refractivity contribution in [2.24, 2.45) is 0 Å². The smallest absolute Gasteiger partial charge is 0.290 e. The molecule has 0 radical (unpaired) electrons. The average molecular weight is 486 g/mol. The van der Waals surface area contributed by atoms with E-state index >= 15 is 0 Å². The van der Waals surface area contributed by atoms with E-state index in [1.807, 2.05) is 20.8 Å². The number of nitrogens with zero attached hydrogens (tertiary/aromatic N) is 1. The highest BCUT2D eigenvalue weighted by molar-refractivity contribution is 8.06. The van der Waals surface area contributed by atoms with E-state index in [1.165, 1.54) is 24.5 Å². The molecule has 0 bridgehead atoms. The topological polar surface area (TPSA) is 93.1 Å². The summed E-state index contributed by atoms with van der Waals surface area (Å²) in [5.41, 5.74) is 1.10. The van der Waals surface area contributed by atoms with Crippen molar-refractivity contribution in [1.82, 2.24) is 4.31 Å². The zero-order valence-electron chi connectivity index (χ0n) is 16.9. The van der Waals surface area contributed by atoms with Gasteiger partial charge in [0, 0.05) is 12.6 Å². The number of ether oxygens (including phenoxy) is 2. The highest BCUT2D eigenvalue weighted by atomic mass is 35.5. The first-order valence-electron chi connectivity index (χ1n) is 8.43. The van der Waals surface area contributed by atoms with Gasteiger partial charge in [0.1, 0.15) is 4.91 Å². The lowest BCUT2D eigenvalue weighted by Crippen LogP contribution is -2.35. The summed E-state index contributed by atoms with van der Waals surface area (Å²) in [6.45, 7) is 6.01. The van der Waals surface area contributed by atoms with E-state index in [2.05, 4.69) is 25.3 Å². The van der Waals surface area contributed by atoms with Crippen LogP contribution in [0.3, 0.4) is 0 Å². The number of hydrogen-bond acceptors (Lipinski definition) is 7. The summed E-state index contributed by atoms with van der Waals surface area (Å²) in [6, 6.07) is -0.583. The predicted octanol–water partition coefficient (Wildman–Crippen LogP) is 4.15. The van der Waals surface area contributed by atoms with Crippen LogP contribution in [0.2, 0.25) is 0 Å². The van der Waals surface area contributed by atoms with E-state index in [0.717, 1.165) is 5.54 Å². The van der Waals surface area contributed by atoms with Crippen molar-refractivity contribution in [2.45, 2.75) is 26.8 Å². The maximum atomic E-state index is 12.8. The molecule has 166 valence electrons. The highest BCUT2D eigenvalue weighted by Crippen LogP contribution is 2.27. The Balaban J connectivity index is 0. The first-order chi connectivity index (χ1) is 13.7. The molecule has 0 aromatic rings. The van der Waals surface area contributed by atoms with Crippen LogP contribution in [0.15, 0.2) is 56.6 Å². The van der Waals surface area contributed by atoms with E-state index in [0.29, 0.717) is 18.1 Å². The summed E-state index contributed by atoms with van der Waals surface area (Å²) in [5.74, 6) is 0.981. The van der Waals surface area contributed by atoms with E-state index in [9.17, 15) is 8.42 Å². The van der Waals surface area contributed by atoms with E-state index in [4.69, 9.17) is 31.0 Å². The fraction of sp³-hybridized carbons (Fsp3) is 0.389. The molecule has 1 aliphatic rings. The molecule has 0 aliphatic heterocycles. The molecule has 0 spiro atoms. The quantitative estimate of drug-likeness (QED) is 0.285. The number of rotatable bonds is 7. The molecule has 0 saturated carbocycles. The summed E-state index contributed by atoms with van der Waals surface area (Å²) < 4.78 is 37.6. The fourth-order valence-electron chi connectivity index (χ4n) is 1.95. The van der Waals surface area contributed by atoms with Crippen molar-refractivity contribution in [3.05, 3.63) is 56.6 Å². The Hall–Kier alpha value is -1.33. The number of carboxylic acid groups (broad SMARTS) is 1. The van der Waals surface area contributed by atoms with Gasteiger partial charge in [-0.3, -0.25) is 4.79 Å². The molecule has 0 fully saturated rings. The molecule has 1 atom stereocenters. The number of methoxy groups -OCH3 is 1. The largest absolute Gasteiger partial charge is 0.493 e. The SMILES string of the molecule is CC.CCOC1=CC(N(C)S(=O)(=O)C(/C=C/Cl)=C(S)S)C=CC=C1OC.O=CO. The zero-order chi connectivity index (χ0) is 23.0. The molecule has 0 aromatic carbocycles. The van der Waals surface area contributed by atoms with Crippen molar-refractivity contribution < 1.29 is 27.8 Å². The Morgan fingerprint density at radius 1 is 1.34 bits per heavy atom. The molecule has 0 aromatic heterocycles. The Morgan fingerprint density at radius 3 is 2.31 bits per heavy atom. The lowest BCUT2D eigenvalue weighted by atomic mass is 10.2. The first kappa shape index (κ1) is 29.9. The molecule has 0 saturated heterocycles. The van der Waals surface area contributed by atoms with Gasteiger partial charge in [0.05, 0.1) is 24.0 Å². The molecule has 1 rings (SSSR count). The Kier molecular flexibility index (Phi) is 17.0. The van der Waals surface area contributed by atoms with Crippen molar-refractivity contribution in [3.63, 3.8) is 0 Å². The molecule has 1 unspecified atom stereocenters. The van der Waals surface area contributed by atoms with Crippen molar-refractivity contribution in [1.29, 1.82) is 0 Å². The Morgan fingerprint density at radius 2 is 1.90 bits per heavy atom. The number of likely N-dealkylation sites (N-methyl/N-ethyl adjacent to an activating group) is 1. The summed E-state index contributed by atoms with van der Waals surface area (Å²) in [7, 11) is -0.893. The van der Waals surface area contributed by atoms with Crippen LogP contribution in [0.5, 0.6) is 0 Å². The number of hydrogen-bond donors (Lipinski definition) is 3. The average Bonchev–Trinajstić information content (AvgIpc) is 2.89. The molecule has 1 N–H and O–H groups in total. The minimum atomic E-state index is -3.87. The third kappa shape index (κ3) is 9.81.